The summed E-state index contributed by atoms with van der Waals surface area (Å²) < 4.78 is 0. The second-order valence-electron chi connectivity index (χ2n) is 4.57. The van der Waals surface area contributed by atoms with E-state index in [2.05, 4.69) is 15.5 Å². The average molecular weight is 279 g/mol. The first-order valence-electron chi connectivity index (χ1n) is 6.54. The van der Waals surface area contributed by atoms with Crippen LogP contribution in [-0.2, 0) is 4.79 Å². The van der Waals surface area contributed by atoms with Gasteiger partial charge in [0.25, 0.3) is 0 Å². The zero-order valence-corrected chi connectivity index (χ0v) is 11.8. The molecule has 0 radical (unpaired) electrons. The van der Waals surface area contributed by atoms with Crippen LogP contribution in [0.25, 0.3) is 0 Å². The number of aliphatic carboxylic acids is 1. The molecule has 1 aromatic rings. The number of rotatable bonds is 7. The first-order valence-corrected chi connectivity index (χ1v) is 6.54. The minimum absolute atomic E-state index is 0.456. The van der Waals surface area contributed by atoms with Crippen molar-refractivity contribution >= 4 is 17.7 Å². The van der Waals surface area contributed by atoms with Gasteiger partial charge in [-0.05, 0) is 25.5 Å². The third-order valence-corrected chi connectivity index (χ3v) is 2.87. The number of carbonyl (C=O) groups is 2. The quantitative estimate of drug-likeness (QED) is 0.657. The van der Waals surface area contributed by atoms with Gasteiger partial charge >= 0.3 is 12.0 Å². The number of hydrogen-bond acceptors (Lipinski definition) is 3. The molecule has 0 aliphatic rings. The predicted molar refractivity (Wildman–Crippen MR) is 78.0 cm³/mol. The molecule has 1 rings (SSSR count). The lowest BCUT2D eigenvalue weighted by Crippen LogP contribution is -2.44. The highest BCUT2D eigenvalue weighted by atomic mass is 16.4. The SMILES string of the molecule is C[C@@H](NC(=O)NCCCN(C)c1ccccc1)C(=O)O. The fourth-order valence-electron chi connectivity index (χ4n) is 1.64. The number of carbonyl (C=O) groups excluding carboxylic acids is 1. The van der Waals surface area contributed by atoms with Crippen LogP contribution in [-0.4, -0.2) is 43.3 Å². The molecule has 0 saturated carbocycles. The molecule has 110 valence electrons. The highest BCUT2D eigenvalue weighted by molar-refractivity contribution is 5.82. The highest BCUT2D eigenvalue weighted by Crippen LogP contribution is 2.10. The van der Waals surface area contributed by atoms with Gasteiger partial charge in [0.05, 0.1) is 0 Å². The molecule has 0 bridgehead atoms. The number of carboxylic acids is 1. The Morgan fingerprint density at radius 1 is 1.30 bits per heavy atom. The van der Waals surface area contributed by atoms with Gasteiger partial charge in [-0.15, -0.1) is 0 Å². The average Bonchev–Trinajstić information content (AvgIpc) is 2.44. The van der Waals surface area contributed by atoms with Gasteiger partial charge in [-0.25, -0.2) is 4.79 Å². The molecule has 3 N–H and O–H groups in total. The van der Waals surface area contributed by atoms with Crippen molar-refractivity contribution in [1.29, 1.82) is 0 Å². The predicted octanol–water partition coefficient (Wildman–Crippen LogP) is 1.29. The van der Waals surface area contributed by atoms with Crippen LogP contribution < -0.4 is 15.5 Å². The van der Waals surface area contributed by atoms with Crippen molar-refractivity contribution in [3.63, 3.8) is 0 Å². The molecule has 0 spiro atoms. The fourth-order valence-corrected chi connectivity index (χ4v) is 1.64. The second-order valence-corrected chi connectivity index (χ2v) is 4.57. The van der Waals surface area contributed by atoms with Crippen molar-refractivity contribution in [2.24, 2.45) is 0 Å². The largest absolute Gasteiger partial charge is 0.480 e. The molecular weight excluding hydrogens is 258 g/mol. The molecule has 1 aromatic carbocycles. The maximum Gasteiger partial charge on any atom is 0.325 e. The van der Waals surface area contributed by atoms with Gasteiger partial charge in [-0.1, -0.05) is 18.2 Å². The Morgan fingerprint density at radius 3 is 2.55 bits per heavy atom. The first kappa shape index (κ1) is 15.8. The number of nitrogens with zero attached hydrogens (tertiary/aromatic N) is 1. The van der Waals surface area contributed by atoms with Crippen molar-refractivity contribution in [2.45, 2.75) is 19.4 Å². The lowest BCUT2D eigenvalue weighted by atomic mass is 10.3. The van der Waals surface area contributed by atoms with E-state index in [-0.39, 0.29) is 0 Å². The Labute approximate surface area is 118 Å². The van der Waals surface area contributed by atoms with Gasteiger partial charge in [0.2, 0.25) is 0 Å². The summed E-state index contributed by atoms with van der Waals surface area (Å²) in [5.74, 6) is -1.05. The van der Waals surface area contributed by atoms with Crippen molar-refractivity contribution in [3.05, 3.63) is 30.3 Å². The Bertz CT molecular complexity index is 437. The van der Waals surface area contributed by atoms with Crippen LogP contribution in [0, 0.1) is 0 Å². The summed E-state index contributed by atoms with van der Waals surface area (Å²) in [5, 5.41) is 13.6. The van der Waals surface area contributed by atoms with E-state index in [1.54, 1.807) is 0 Å². The van der Waals surface area contributed by atoms with Crippen molar-refractivity contribution in [2.75, 3.05) is 25.0 Å². The van der Waals surface area contributed by atoms with E-state index in [0.29, 0.717) is 6.54 Å². The number of urea groups is 1. The Morgan fingerprint density at radius 2 is 1.95 bits per heavy atom. The molecule has 0 heterocycles. The second kappa shape index (κ2) is 8.04. The number of nitrogens with one attached hydrogen (secondary N) is 2. The summed E-state index contributed by atoms with van der Waals surface area (Å²) in [6.45, 7) is 2.72. The fraction of sp³-hybridized carbons (Fsp3) is 0.429. The highest BCUT2D eigenvalue weighted by Gasteiger charge is 2.12. The lowest BCUT2D eigenvalue weighted by molar-refractivity contribution is -0.138. The summed E-state index contributed by atoms with van der Waals surface area (Å²) in [5.41, 5.74) is 1.12. The third-order valence-electron chi connectivity index (χ3n) is 2.87. The smallest absolute Gasteiger partial charge is 0.325 e. The minimum Gasteiger partial charge on any atom is -0.480 e. The maximum atomic E-state index is 11.4. The van der Waals surface area contributed by atoms with Crippen LogP contribution in [0.2, 0.25) is 0 Å². The summed E-state index contributed by atoms with van der Waals surface area (Å²) >= 11 is 0. The van der Waals surface area contributed by atoms with Crippen molar-refractivity contribution < 1.29 is 14.7 Å². The molecule has 6 heteroatoms. The molecule has 2 amide bonds. The molecule has 1 atom stereocenters. The van der Waals surface area contributed by atoms with Gasteiger partial charge < -0.3 is 20.6 Å². The van der Waals surface area contributed by atoms with Gasteiger partial charge in [0.15, 0.2) is 0 Å². The number of carboxylic acid groups (broad SMARTS) is 1. The van der Waals surface area contributed by atoms with E-state index in [1.807, 2.05) is 37.4 Å². The summed E-state index contributed by atoms with van der Waals surface area (Å²) in [6, 6.07) is 8.62. The number of hydrogen-bond donors (Lipinski definition) is 3. The molecule has 0 aliphatic carbocycles. The molecular formula is C14H21N3O3. The normalized spacial score (nSPS) is 11.5. The minimum atomic E-state index is -1.05. The van der Waals surface area contributed by atoms with E-state index in [0.717, 1.165) is 18.7 Å². The zero-order valence-electron chi connectivity index (χ0n) is 11.8. The number of anilines is 1. The molecule has 6 nitrogen and oxygen atoms in total. The van der Waals surface area contributed by atoms with E-state index >= 15 is 0 Å². The van der Waals surface area contributed by atoms with E-state index in [9.17, 15) is 9.59 Å². The summed E-state index contributed by atoms with van der Waals surface area (Å²) in [4.78, 5) is 24.0. The molecule has 20 heavy (non-hydrogen) atoms. The lowest BCUT2D eigenvalue weighted by Gasteiger charge is -2.19. The van der Waals surface area contributed by atoms with Gasteiger partial charge in [-0.3, -0.25) is 4.79 Å². The Balaban J connectivity index is 2.19. The van der Waals surface area contributed by atoms with E-state index in [4.69, 9.17) is 5.11 Å². The van der Waals surface area contributed by atoms with Crippen LogP contribution in [0.1, 0.15) is 13.3 Å². The van der Waals surface area contributed by atoms with Gasteiger partial charge in [0, 0.05) is 25.8 Å². The van der Waals surface area contributed by atoms with E-state index < -0.39 is 18.0 Å². The summed E-state index contributed by atoms with van der Waals surface area (Å²) in [6.07, 6.45) is 0.778. The number of amides is 2. The van der Waals surface area contributed by atoms with Crippen LogP contribution in [0.5, 0.6) is 0 Å². The van der Waals surface area contributed by atoms with Crippen molar-refractivity contribution in [1.82, 2.24) is 10.6 Å². The molecule has 0 saturated heterocycles. The monoisotopic (exact) mass is 279 g/mol. The molecule has 0 unspecified atom stereocenters. The molecule has 0 aromatic heterocycles. The summed E-state index contributed by atoms with van der Waals surface area (Å²) in [7, 11) is 1.99. The van der Waals surface area contributed by atoms with Crippen molar-refractivity contribution in [3.8, 4) is 0 Å². The Hall–Kier alpha value is -2.24. The van der Waals surface area contributed by atoms with Crippen LogP contribution in [0.3, 0.4) is 0 Å². The van der Waals surface area contributed by atoms with Crippen LogP contribution in [0.4, 0.5) is 10.5 Å². The maximum absolute atomic E-state index is 11.4. The zero-order chi connectivity index (χ0) is 15.0. The number of para-hydroxylation sites is 1. The topological polar surface area (TPSA) is 81.7 Å². The van der Waals surface area contributed by atoms with E-state index in [1.165, 1.54) is 6.92 Å². The number of benzene rings is 1. The van der Waals surface area contributed by atoms with Crippen LogP contribution >= 0.6 is 0 Å². The van der Waals surface area contributed by atoms with Gasteiger partial charge in [-0.2, -0.15) is 0 Å². The Kier molecular flexibility index (Phi) is 6.36. The standard InChI is InChI=1S/C14H21N3O3/c1-11(13(18)19)16-14(20)15-9-6-10-17(2)12-7-4-3-5-8-12/h3-5,7-8,11H,6,9-10H2,1-2H3,(H,18,19)(H2,15,16,20)/t11-/m1/s1. The third kappa shape index (κ3) is 5.60. The van der Waals surface area contributed by atoms with Gasteiger partial charge in [0.1, 0.15) is 6.04 Å². The molecule has 0 aliphatic heterocycles. The molecule has 0 fully saturated rings. The first-order chi connectivity index (χ1) is 9.50. The van der Waals surface area contributed by atoms with Crippen LogP contribution in [0.15, 0.2) is 30.3 Å².